The van der Waals surface area contributed by atoms with Gasteiger partial charge in [-0.15, -0.1) is 0 Å². The van der Waals surface area contributed by atoms with Crippen molar-refractivity contribution in [1.29, 1.82) is 0 Å². The van der Waals surface area contributed by atoms with Crippen LogP contribution in [0.1, 0.15) is 27.6 Å². The van der Waals surface area contributed by atoms with E-state index in [0.717, 1.165) is 17.0 Å². The smallest absolute Gasteiger partial charge is 0.221 e. The number of allylic oxidation sites excluding steroid dienone is 1. The highest BCUT2D eigenvalue weighted by molar-refractivity contribution is 6.04. The van der Waals surface area contributed by atoms with Gasteiger partial charge in [-0.25, -0.2) is 0 Å². The number of nitrogens with zero attached hydrogens (tertiary/aromatic N) is 2. The van der Waals surface area contributed by atoms with Crippen LogP contribution in [-0.4, -0.2) is 15.6 Å². The Labute approximate surface area is 99.6 Å². The maximum Gasteiger partial charge on any atom is 0.221 e. The van der Waals surface area contributed by atoms with Crippen LogP contribution in [0.2, 0.25) is 0 Å². The second-order valence-corrected chi connectivity index (χ2v) is 3.92. The Balaban J connectivity index is 2.16. The summed E-state index contributed by atoms with van der Waals surface area (Å²) >= 11 is 0. The van der Waals surface area contributed by atoms with Crippen LogP contribution in [0.4, 0.5) is 0 Å². The van der Waals surface area contributed by atoms with Crippen LogP contribution in [0, 0.1) is 13.8 Å². The highest BCUT2D eigenvalue weighted by Crippen LogP contribution is 2.11. The molecule has 88 valence electrons. The van der Waals surface area contributed by atoms with Gasteiger partial charge < -0.3 is 4.42 Å². The number of aryl methyl sites for hydroxylation is 2. The minimum Gasteiger partial charge on any atom is -0.458 e. The normalized spacial score (nSPS) is 11.2. The molecule has 0 aliphatic carbocycles. The summed E-state index contributed by atoms with van der Waals surface area (Å²) in [5.41, 5.74) is 1.95. The monoisotopic (exact) mass is 230 g/mol. The fourth-order valence-corrected chi connectivity index (χ4v) is 1.49. The number of hydrogen-bond donors (Lipinski definition) is 0. The Morgan fingerprint density at radius 3 is 2.71 bits per heavy atom. The summed E-state index contributed by atoms with van der Waals surface area (Å²) in [5, 5.41) is 4.10. The van der Waals surface area contributed by atoms with Crippen LogP contribution in [0.5, 0.6) is 0 Å². The molecule has 4 nitrogen and oxygen atoms in total. The van der Waals surface area contributed by atoms with Gasteiger partial charge in [0.1, 0.15) is 5.76 Å². The van der Waals surface area contributed by atoms with E-state index in [0.29, 0.717) is 5.76 Å². The van der Waals surface area contributed by atoms with Gasteiger partial charge in [0.05, 0.1) is 6.20 Å². The molecule has 0 saturated heterocycles. The zero-order valence-electron chi connectivity index (χ0n) is 10.1. The van der Waals surface area contributed by atoms with Crippen molar-refractivity contribution < 1.29 is 9.21 Å². The van der Waals surface area contributed by atoms with Gasteiger partial charge >= 0.3 is 0 Å². The van der Waals surface area contributed by atoms with Crippen LogP contribution < -0.4 is 0 Å². The highest BCUT2D eigenvalue weighted by atomic mass is 16.3. The minimum atomic E-state index is -0.138. The summed E-state index contributed by atoms with van der Waals surface area (Å²) in [6.07, 6.45) is 4.98. The van der Waals surface area contributed by atoms with Crippen LogP contribution in [0.25, 0.3) is 6.08 Å². The third-order valence-electron chi connectivity index (χ3n) is 2.67. The topological polar surface area (TPSA) is 48.0 Å². The van der Waals surface area contributed by atoms with Gasteiger partial charge in [-0.1, -0.05) is 0 Å². The van der Waals surface area contributed by atoms with Crippen molar-refractivity contribution in [2.75, 3.05) is 0 Å². The zero-order valence-corrected chi connectivity index (χ0v) is 10.1. The third-order valence-corrected chi connectivity index (χ3v) is 2.67. The van der Waals surface area contributed by atoms with Crippen molar-refractivity contribution in [2.24, 2.45) is 7.05 Å². The molecule has 0 amide bonds. The molecule has 0 aliphatic rings. The Bertz CT molecular complexity index is 576. The van der Waals surface area contributed by atoms with Gasteiger partial charge in [0.2, 0.25) is 5.78 Å². The molecule has 2 aromatic rings. The molecule has 0 saturated carbocycles. The van der Waals surface area contributed by atoms with Crippen molar-refractivity contribution in [3.05, 3.63) is 47.2 Å². The molecule has 0 unspecified atom stereocenters. The summed E-state index contributed by atoms with van der Waals surface area (Å²) in [5.74, 6) is 0.959. The third kappa shape index (κ3) is 2.36. The predicted molar refractivity (Wildman–Crippen MR) is 64.8 cm³/mol. The Hall–Kier alpha value is -2.10. The number of aromatic nitrogens is 2. The average molecular weight is 230 g/mol. The summed E-state index contributed by atoms with van der Waals surface area (Å²) in [7, 11) is 1.87. The van der Waals surface area contributed by atoms with E-state index in [1.165, 1.54) is 6.08 Å². The highest BCUT2D eigenvalue weighted by Gasteiger charge is 2.06. The van der Waals surface area contributed by atoms with Gasteiger partial charge in [-0.2, -0.15) is 5.10 Å². The maximum atomic E-state index is 11.7. The summed E-state index contributed by atoms with van der Waals surface area (Å²) in [6.45, 7) is 3.76. The lowest BCUT2D eigenvalue weighted by Gasteiger charge is -1.93. The van der Waals surface area contributed by atoms with E-state index in [1.54, 1.807) is 29.1 Å². The second kappa shape index (κ2) is 4.41. The maximum absolute atomic E-state index is 11.7. The van der Waals surface area contributed by atoms with E-state index in [9.17, 15) is 4.79 Å². The van der Waals surface area contributed by atoms with Gasteiger partial charge in [-0.05, 0) is 38.1 Å². The van der Waals surface area contributed by atoms with E-state index in [1.807, 2.05) is 20.9 Å². The van der Waals surface area contributed by atoms with Crippen LogP contribution in [0.3, 0.4) is 0 Å². The number of furan rings is 1. The molecule has 0 atom stereocenters. The number of ketones is 1. The molecule has 0 aliphatic heterocycles. The molecule has 0 N–H and O–H groups in total. The first-order chi connectivity index (χ1) is 8.08. The summed E-state index contributed by atoms with van der Waals surface area (Å²) in [6, 6.07) is 3.45. The van der Waals surface area contributed by atoms with E-state index in [-0.39, 0.29) is 5.78 Å². The molecule has 17 heavy (non-hydrogen) atoms. The Morgan fingerprint density at radius 1 is 1.41 bits per heavy atom. The van der Waals surface area contributed by atoms with Gasteiger partial charge in [0, 0.05) is 18.3 Å². The predicted octanol–water partition coefficient (Wildman–Crippen LogP) is 2.53. The van der Waals surface area contributed by atoms with Crippen molar-refractivity contribution in [1.82, 2.24) is 9.78 Å². The Kier molecular flexibility index (Phi) is 2.95. The lowest BCUT2D eigenvalue weighted by atomic mass is 10.2. The standard InChI is InChI=1S/C13H14N2O2/c1-9-4-7-13(17-9)12(16)6-5-11-8-14-15(3)10(11)2/h4-8H,1-3H3. The van der Waals surface area contributed by atoms with E-state index in [4.69, 9.17) is 4.42 Å². The lowest BCUT2D eigenvalue weighted by molar-refractivity contribution is 0.102. The lowest BCUT2D eigenvalue weighted by Crippen LogP contribution is -1.93. The quantitative estimate of drug-likeness (QED) is 0.601. The van der Waals surface area contributed by atoms with Crippen molar-refractivity contribution in [2.45, 2.75) is 13.8 Å². The molecule has 0 bridgehead atoms. The van der Waals surface area contributed by atoms with Crippen LogP contribution in [0.15, 0.2) is 28.8 Å². The number of rotatable bonds is 3. The van der Waals surface area contributed by atoms with Gasteiger partial charge in [0.25, 0.3) is 0 Å². The number of carbonyl (C=O) groups excluding carboxylic acids is 1. The second-order valence-electron chi connectivity index (χ2n) is 3.92. The molecular formula is C13H14N2O2. The van der Waals surface area contributed by atoms with E-state index >= 15 is 0 Å². The summed E-state index contributed by atoms with van der Waals surface area (Å²) in [4.78, 5) is 11.7. The molecule has 0 aromatic carbocycles. The summed E-state index contributed by atoms with van der Waals surface area (Å²) < 4.78 is 7.01. The van der Waals surface area contributed by atoms with Gasteiger partial charge in [0.15, 0.2) is 5.76 Å². The first kappa shape index (κ1) is 11.4. The number of hydrogen-bond acceptors (Lipinski definition) is 3. The SMILES string of the molecule is Cc1ccc(C(=O)C=Cc2cnn(C)c2C)o1. The molecule has 4 heteroatoms. The zero-order chi connectivity index (χ0) is 12.4. The molecule has 0 spiro atoms. The Morgan fingerprint density at radius 2 is 2.18 bits per heavy atom. The minimum absolute atomic E-state index is 0.138. The van der Waals surface area contributed by atoms with Crippen molar-refractivity contribution >= 4 is 11.9 Å². The molecule has 2 aromatic heterocycles. The average Bonchev–Trinajstić information content (AvgIpc) is 2.86. The molecule has 2 heterocycles. The number of carbonyl (C=O) groups is 1. The fourth-order valence-electron chi connectivity index (χ4n) is 1.49. The van der Waals surface area contributed by atoms with Crippen LogP contribution in [-0.2, 0) is 7.05 Å². The van der Waals surface area contributed by atoms with Gasteiger partial charge in [-0.3, -0.25) is 9.48 Å². The molecule has 0 fully saturated rings. The first-order valence-electron chi connectivity index (χ1n) is 5.35. The molecule has 0 radical (unpaired) electrons. The molecular weight excluding hydrogens is 216 g/mol. The first-order valence-corrected chi connectivity index (χ1v) is 5.35. The molecule has 2 rings (SSSR count). The largest absolute Gasteiger partial charge is 0.458 e. The van der Waals surface area contributed by atoms with Crippen molar-refractivity contribution in [3.63, 3.8) is 0 Å². The van der Waals surface area contributed by atoms with E-state index in [2.05, 4.69) is 5.10 Å². The fraction of sp³-hybridized carbons (Fsp3) is 0.231. The van der Waals surface area contributed by atoms with Crippen LogP contribution >= 0.6 is 0 Å². The van der Waals surface area contributed by atoms with Crippen molar-refractivity contribution in [3.8, 4) is 0 Å². The van der Waals surface area contributed by atoms with E-state index < -0.39 is 0 Å².